The van der Waals surface area contributed by atoms with Crippen LogP contribution >= 0.6 is 23.2 Å². The van der Waals surface area contributed by atoms with E-state index in [1.165, 1.54) is 23.1 Å². The molecule has 1 aliphatic rings. The van der Waals surface area contributed by atoms with Crippen LogP contribution in [0.2, 0.25) is 10.0 Å². The second-order valence-corrected chi connectivity index (χ2v) is 8.57. The van der Waals surface area contributed by atoms with Crippen LogP contribution < -0.4 is 4.74 Å². The Morgan fingerprint density at radius 1 is 1.03 bits per heavy atom. The summed E-state index contributed by atoms with van der Waals surface area (Å²) in [5.74, 6) is -1.38. The van der Waals surface area contributed by atoms with E-state index in [0.29, 0.717) is 28.6 Å². The zero-order valence-electron chi connectivity index (χ0n) is 17.8. The molecule has 0 aliphatic carbocycles. The molecule has 3 aromatic rings. The lowest BCUT2D eigenvalue weighted by molar-refractivity contribution is -0.139. The van der Waals surface area contributed by atoms with Crippen LogP contribution in [0.1, 0.15) is 28.3 Å². The molecule has 0 radical (unpaired) electrons. The molecule has 0 saturated heterocycles. The van der Waals surface area contributed by atoms with Crippen LogP contribution in [0.3, 0.4) is 0 Å². The van der Waals surface area contributed by atoms with E-state index < -0.39 is 30.5 Å². The first-order valence-electron chi connectivity index (χ1n) is 10.4. The summed E-state index contributed by atoms with van der Waals surface area (Å²) < 4.78 is 25.1. The molecule has 1 amide bonds. The van der Waals surface area contributed by atoms with Crippen molar-refractivity contribution < 1.29 is 28.6 Å². The predicted molar refractivity (Wildman–Crippen MR) is 125 cm³/mol. The summed E-state index contributed by atoms with van der Waals surface area (Å²) in [6.07, 6.45) is -0.0813. The average Bonchev–Trinajstić information content (AvgIpc) is 2.82. The molecule has 0 saturated carbocycles. The Balaban J connectivity index is 1.69. The van der Waals surface area contributed by atoms with E-state index in [9.17, 15) is 14.0 Å². The van der Waals surface area contributed by atoms with Gasteiger partial charge in [-0.2, -0.15) is 0 Å². The SMILES string of the molecule is O=C(O)COc1ccc(Cl)cc1C1c2ccccc2CCN1C(=O)OCc1cc(Cl)ccc1F. The van der Waals surface area contributed by atoms with E-state index in [1.54, 1.807) is 18.2 Å². The van der Waals surface area contributed by atoms with Gasteiger partial charge in [0.2, 0.25) is 0 Å². The minimum absolute atomic E-state index is 0.156. The van der Waals surface area contributed by atoms with Crippen molar-refractivity contribution >= 4 is 35.3 Å². The fourth-order valence-corrected chi connectivity index (χ4v) is 4.35. The maximum Gasteiger partial charge on any atom is 0.410 e. The number of hydrogen-bond acceptors (Lipinski definition) is 4. The Labute approximate surface area is 205 Å². The number of carboxylic acids is 1. The van der Waals surface area contributed by atoms with Crippen molar-refractivity contribution in [2.45, 2.75) is 19.1 Å². The van der Waals surface area contributed by atoms with E-state index >= 15 is 0 Å². The van der Waals surface area contributed by atoms with Crippen molar-refractivity contribution in [3.63, 3.8) is 0 Å². The van der Waals surface area contributed by atoms with Gasteiger partial charge >= 0.3 is 12.1 Å². The van der Waals surface area contributed by atoms with Gasteiger partial charge in [-0.25, -0.2) is 14.0 Å². The highest BCUT2D eigenvalue weighted by atomic mass is 35.5. The van der Waals surface area contributed by atoms with Crippen molar-refractivity contribution in [2.75, 3.05) is 13.2 Å². The van der Waals surface area contributed by atoms with Gasteiger partial charge in [0, 0.05) is 27.7 Å². The van der Waals surface area contributed by atoms with Gasteiger partial charge in [0.1, 0.15) is 18.2 Å². The predicted octanol–water partition coefficient (Wildman–Crippen LogP) is 5.88. The third-order valence-electron chi connectivity index (χ3n) is 5.49. The van der Waals surface area contributed by atoms with E-state index in [1.807, 2.05) is 24.3 Å². The van der Waals surface area contributed by atoms with Crippen molar-refractivity contribution in [1.82, 2.24) is 4.90 Å². The zero-order valence-corrected chi connectivity index (χ0v) is 19.4. The normalized spacial score (nSPS) is 14.9. The van der Waals surface area contributed by atoms with Gasteiger partial charge in [0.25, 0.3) is 0 Å². The first kappa shape index (κ1) is 23.9. The Bertz CT molecular complexity index is 1240. The van der Waals surface area contributed by atoms with Gasteiger partial charge in [0.05, 0.1) is 6.04 Å². The van der Waals surface area contributed by atoms with Crippen molar-refractivity contribution in [2.24, 2.45) is 0 Å². The average molecular weight is 504 g/mol. The number of ether oxygens (including phenoxy) is 2. The van der Waals surface area contributed by atoms with Crippen molar-refractivity contribution in [1.29, 1.82) is 0 Å². The third kappa shape index (κ3) is 5.26. The molecule has 1 heterocycles. The Kier molecular flexibility index (Phi) is 7.24. The van der Waals surface area contributed by atoms with E-state index in [-0.39, 0.29) is 17.9 Å². The van der Waals surface area contributed by atoms with Crippen LogP contribution in [-0.2, 0) is 22.6 Å². The highest BCUT2D eigenvalue weighted by molar-refractivity contribution is 6.31. The molecule has 3 aromatic carbocycles. The summed E-state index contributed by atoms with van der Waals surface area (Å²) >= 11 is 12.2. The molecule has 1 unspecified atom stereocenters. The fraction of sp³-hybridized carbons (Fsp3) is 0.200. The maximum absolute atomic E-state index is 14.1. The standard InChI is InChI=1S/C25H20Cl2FNO5/c26-17-5-7-21(28)16(11-17)13-34-25(32)29-10-9-15-3-1-2-4-19(15)24(29)20-12-18(27)6-8-22(20)33-14-23(30)31/h1-8,11-12,24H,9-10,13-14H2,(H,30,31). The number of carbonyl (C=O) groups is 2. The number of nitrogens with zero attached hydrogens (tertiary/aromatic N) is 1. The molecule has 1 atom stereocenters. The lowest BCUT2D eigenvalue weighted by atomic mass is 9.88. The number of fused-ring (bicyclic) bond motifs is 1. The molecule has 0 spiro atoms. The molecular formula is C25H20Cl2FNO5. The van der Waals surface area contributed by atoms with Gasteiger partial charge < -0.3 is 14.6 Å². The first-order chi connectivity index (χ1) is 16.3. The second-order valence-electron chi connectivity index (χ2n) is 7.70. The molecule has 0 aromatic heterocycles. The summed E-state index contributed by atoms with van der Waals surface area (Å²) in [5.41, 5.74) is 2.54. The summed E-state index contributed by atoms with van der Waals surface area (Å²) in [6.45, 7) is -0.529. The topological polar surface area (TPSA) is 76.1 Å². The number of carbonyl (C=O) groups excluding carboxylic acids is 1. The molecule has 9 heteroatoms. The largest absolute Gasteiger partial charge is 0.482 e. The molecule has 4 rings (SSSR count). The lowest BCUT2D eigenvalue weighted by Crippen LogP contribution is -2.41. The molecule has 6 nitrogen and oxygen atoms in total. The van der Waals surface area contributed by atoms with Crippen LogP contribution in [0, 0.1) is 5.82 Å². The number of halogens is 3. The third-order valence-corrected chi connectivity index (χ3v) is 5.96. The minimum Gasteiger partial charge on any atom is -0.482 e. The monoisotopic (exact) mass is 503 g/mol. The van der Waals surface area contributed by atoms with Crippen LogP contribution in [0.5, 0.6) is 5.75 Å². The number of aliphatic carboxylic acids is 1. The number of benzene rings is 3. The molecule has 0 fully saturated rings. The van der Waals surface area contributed by atoms with Crippen LogP contribution in [0.4, 0.5) is 9.18 Å². The Hall–Kier alpha value is -3.29. The van der Waals surface area contributed by atoms with Gasteiger partial charge in [-0.3, -0.25) is 4.90 Å². The fourth-order valence-electron chi connectivity index (χ4n) is 3.98. The minimum atomic E-state index is -1.13. The molecule has 1 N–H and O–H groups in total. The smallest absolute Gasteiger partial charge is 0.410 e. The second kappa shape index (κ2) is 10.3. The number of rotatable bonds is 6. The van der Waals surface area contributed by atoms with Crippen LogP contribution in [0.25, 0.3) is 0 Å². The molecule has 1 aliphatic heterocycles. The van der Waals surface area contributed by atoms with Crippen molar-refractivity contribution in [3.05, 3.63) is 98.8 Å². The highest BCUT2D eigenvalue weighted by Crippen LogP contribution is 2.40. The summed E-state index contributed by atoms with van der Waals surface area (Å²) in [5, 5.41) is 9.80. The van der Waals surface area contributed by atoms with Gasteiger partial charge in [-0.05, 0) is 53.9 Å². The molecular weight excluding hydrogens is 484 g/mol. The van der Waals surface area contributed by atoms with E-state index in [2.05, 4.69) is 0 Å². The molecule has 0 bridgehead atoms. The van der Waals surface area contributed by atoms with Gasteiger partial charge in [-0.15, -0.1) is 0 Å². The quantitative estimate of drug-likeness (QED) is 0.454. The van der Waals surface area contributed by atoms with E-state index in [4.69, 9.17) is 37.8 Å². The zero-order chi connectivity index (χ0) is 24.2. The van der Waals surface area contributed by atoms with E-state index in [0.717, 1.165) is 11.1 Å². The molecule has 34 heavy (non-hydrogen) atoms. The number of carboxylic acid groups (broad SMARTS) is 1. The maximum atomic E-state index is 14.1. The lowest BCUT2D eigenvalue weighted by Gasteiger charge is -2.37. The summed E-state index contributed by atoms with van der Waals surface area (Å²) in [6, 6.07) is 15.8. The van der Waals surface area contributed by atoms with Gasteiger partial charge in [-0.1, -0.05) is 47.5 Å². The van der Waals surface area contributed by atoms with Crippen LogP contribution in [0.15, 0.2) is 60.7 Å². The number of hydrogen-bond donors (Lipinski definition) is 1. The van der Waals surface area contributed by atoms with Crippen LogP contribution in [-0.4, -0.2) is 35.2 Å². The van der Waals surface area contributed by atoms with Gasteiger partial charge in [0.15, 0.2) is 6.61 Å². The summed E-state index contributed by atoms with van der Waals surface area (Å²) in [4.78, 5) is 25.8. The Morgan fingerprint density at radius 3 is 2.56 bits per heavy atom. The molecule has 176 valence electrons. The Morgan fingerprint density at radius 2 is 1.76 bits per heavy atom. The highest BCUT2D eigenvalue weighted by Gasteiger charge is 2.35. The summed E-state index contributed by atoms with van der Waals surface area (Å²) in [7, 11) is 0. The first-order valence-corrected chi connectivity index (χ1v) is 11.2. The van der Waals surface area contributed by atoms with Crippen molar-refractivity contribution in [3.8, 4) is 5.75 Å². The number of amides is 1.